The van der Waals surface area contributed by atoms with Crippen molar-refractivity contribution in [2.75, 3.05) is 0 Å². The number of phenolic OH excluding ortho intramolecular Hbond substituents is 1. The first-order valence-electron chi connectivity index (χ1n) is 4.76. The van der Waals surface area contributed by atoms with Crippen LogP contribution in [-0.2, 0) is 11.2 Å². The molecule has 0 fully saturated rings. The van der Waals surface area contributed by atoms with Crippen LogP contribution in [-0.4, -0.2) is 11.0 Å². The highest BCUT2D eigenvalue weighted by Gasteiger charge is 2.05. The van der Waals surface area contributed by atoms with Gasteiger partial charge in [-0.3, -0.25) is 4.79 Å². The number of rotatable bonds is 2. The summed E-state index contributed by atoms with van der Waals surface area (Å²) in [5, 5.41) is 11.4. The van der Waals surface area contributed by atoms with Gasteiger partial charge in [0.2, 0.25) is 5.91 Å². The van der Waals surface area contributed by atoms with Crippen LogP contribution < -0.4 is 5.73 Å². The smallest absolute Gasteiger partial charge is 0.221 e. The lowest BCUT2D eigenvalue weighted by Gasteiger charge is -2.05. The summed E-state index contributed by atoms with van der Waals surface area (Å²) in [6, 6.07) is 9.00. The van der Waals surface area contributed by atoms with Crippen molar-refractivity contribution < 1.29 is 9.90 Å². The lowest BCUT2D eigenvalue weighted by atomic mass is 10.0. The molecule has 2 rings (SSSR count). The summed E-state index contributed by atoms with van der Waals surface area (Å²) in [4.78, 5) is 10.8. The number of halogens is 1. The predicted octanol–water partition coefficient (Wildman–Crippen LogP) is 2.34. The van der Waals surface area contributed by atoms with Crippen LogP contribution in [0.5, 0.6) is 5.75 Å². The molecule has 0 aliphatic carbocycles. The van der Waals surface area contributed by atoms with E-state index in [1.165, 1.54) is 0 Å². The Labute approximate surface area is 101 Å². The van der Waals surface area contributed by atoms with E-state index < -0.39 is 0 Å². The van der Waals surface area contributed by atoms with Gasteiger partial charge in [0.25, 0.3) is 0 Å². The summed E-state index contributed by atoms with van der Waals surface area (Å²) in [5.74, 6) is -0.146. The van der Waals surface area contributed by atoms with Crippen LogP contribution in [0, 0.1) is 0 Å². The van der Waals surface area contributed by atoms with Crippen molar-refractivity contribution >= 4 is 32.6 Å². The van der Waals surface area contributed by atoms with Crippen LogP contribution in [0.25, 0.3) is 10.8 Å². The molecule has 0 atom stereocenters. The Bertz CT molecular complexity index is 566. The van der Waals surface area contributed by atoms with Crippen molar-refractivity contribution in [1.29, 1.82) is 0 Å². The van der Waals surface area contributed by atoms with Gasteiger partial charge in [0.1, 0.15) is 5.75 Å². The maximum atomic E-state index is 10.8. The average Bonchev–Trinajstić information content (AvgIpc) is 2.23. The van der Waals surface area contributed by atoms with E-state index in [1.54, 1.807) is 12.1 Å². The van der Waals surface area contributed by atoms with E-state index in [9.17, 15) is 9.90 Å². The fourth-order valence-corrected chi connectivity index (χ4v) is 2.13. The normalized spacial score (nSPS) is 10.6. The number of carbonyl (C=O) groups excluding carboxylic acids is 1. The maximum absolute atomic E-state index is 10.8. The molecule has 0 aliphatic heterocycles. The van der Waals surface area contributed by atoms with E-state index in [0.717, 1.165) is 16.3 Å². The number of fused-ring (bicyclic) bond motifs is 1. The van der Waals surface area contributed by atoms with Crippen molar-refractivity contribution in [3.05, 3.63) is 40.4 Å². The minimum Gasteiger partial charge on any atom is -0.507 e. The van der Waals surface area contributed by atoms with Crippen LogP contribution in [0.1, 0.15) is 5.56 Å². The first-order chi connectivity index (χ1) is 7.58. The monoisotopic (exact) mass is 279 g/mol. The van der Waals surface area contributed by atoms with Crippen molar-refractivity contribution in [2.24, 2.45) is 5.73 Å². The number of primary amides is 1. The van der Waals surface area contributed by atoms with Gasteiger partial charge in [0, 0.05) is 0 Å². The molecule has 0 heterocycles. The molecular weight excluding hydrogens is 270 g/mol. The molecule has 0 saturated heterocycles. The molecule has 0 spiro atoms. The van der Waals surface area contributed by atoms with Gasteiger partial charge >= 0.3 is 0 Å². The molecule has 0 bridgehead atoms. The molecular formula is C12H10BrNO2. The van der Waals surface area contributed by atoms with Crippen LogP contribution in [0.2, 0.25) is 0 Å². The van der Waals surface area contributed by atoms with Gasteiger partial charge in [0.05, 0.1) is 10.9 Å². The zero-order valence-corrected chi connectivity index (χ0v) is 9.99. The van der Waals surface area contributed by atoms with Crippen LogP contribution in [0.3, 0.4) is 0 Å². The molecule has 2 aromatic carbocycles. The molecule has 0 saturated carbocycles. The van der Waals surface area contributed by atoms with Crippen LogP contribution in [0.4, 0.5) is 0 Å². The van der Waals surface area contributed by atoms with Crippen molar-refractivity contribution in [3.8, 4) is 5.75 Å². The molecule has 82 valence electrons. The van der Waals surface area contributed by atoms with Gasteiger partial charge < -0.3 is 10.8 Å². The Morgan fingerprint density at radius 2 is 2.06 bits per heavy atom. The molecule has 16 heavy (non-hydrogen) atoms. The number of hydrogen-bond acceptors (Lipinski definition) is 2. The summed E-state index contributed by atoms with van der Waals surface area (Å²) in [7, 11) is 0. The Kier molecular flexibility index (Phi) is 2.83. The van der Waals surface area contributed by atoms with E-state index in [4.69, 9.17) is 5.73 Å². The second-order valence-corrected chi connectivity index (χ2v) is 4.39. The van der Waals surface area contributed by atoms with Gasteiger partial charge in [-0.2, -0.15) is 0 Å². The standard InChI is InChI=1S/C12H10BrNO2/c13-12-9-3-1-7(6-11(14)16)5-8(9)2-4-10(12)15/h1-5,15H,6H2,(H2,14,16). The summed E-state index contributed by atoms with van der Waals surface area (Å²) in [6.45, 7) is 0. The molecule has 0 aliphatic rings. The number of aromatic hydroxyl groups is 1. The summed E-state index contributed by atoms with van der Waals surface area (Å²) in [5.41, 5.74) is 6.01. The Balaban J connectivity index is 2.56. The molecule has 3 N–H and O–H groups in total. The fraction of sp³-hybridized carbons (Fsp3) is 0.0833. The van der Waals surface area contributed by atoms with Gasteiger partial charge in [0.15, 0.2) is 0 Å². The predicted molar refractivity (Wildman–Crippen MR) is 66.2 cm³/mol. The Hall–Kier alpha value is -1.55. The Morgan fingerprint density at radius 3 is 2.75 bits per heavy atom. The highest BCUT2D eigenvalue weighted by atomic mass is 79.9. The average molecular weight is 280 g/mol. The van der Waals surface area contributed by atoms with Gasteiger partial charge in [-0.1, -0.05) is 24.3 Å². The largest absolute Gasteiger partial charge is 0.507 e. The third-order valence-corrected chi connectivity index (χ3v) is 3.21. The maximum Gasteiger partial charge on any atom is 0.221 e. The van der Waals surface area contributed by atoms with E-state index >= 15 is 0 Å². The van der Waals surface area contributed by atoms with Gasteiger partial charge in [-0.25, -0.2) is 0 Å². The van der Waals surface area contributed by atoms with Crippen LogP contribution in [0.15, 0.2) is 34.8 Å². The molecule has 1 amide bonds. The minimum absolute atomic E-state index is 0.204. The SMILES string of the molecule is NC(=O)Cc1ccc2c(Br)c(O)ccc2c1. The molecule has 2 aromatic rings. The van der Waals surface area contributed by atoms with Gasteiger partial charge in [-0.05, 0) is 38.3 Å². The number of benzene rings is 2. The number of hydrogen-bond donors (Lipinski definition) is 2. The van der Waals surface area contributed by atoms with Gasteiger partial charge in [-0.15, -0.1) is 0 Å². The number of carbonyl (C=O) groups is 1. The second kappa shape index (κ2) is 4.14. The van der Waals surface area contributed by atoms with Crippen molar-refractivity contribution in [3.63, 3.8) is 0 Å². The van der Waals surface area contributed by atoms with Crippen molar-refractivity contribution in [2.45, 2.75) is 6.42 Å². The van der Waals surface area contributed by atoms with E-state index in [2.05, 4.69) is 15.9 Å². The highest BCUT2D eigenvalue weighted by molar-refractivity contribution is 9.10. The van der Waals surface area contributed by atoms with E-state index in [-0.39, 0.29) is 18.1 Å². The summed E-state index contributed by atoms with van der Waals surface area (Å²) >= 11 is 3.31. The zero-order chi connectivity index (χ0) is 11.7. The number of nitrogens with two attached hydrogens (primary N) is 1. The fourth-order valence-electron chi connectivity index (χ4n) is 1.64. The molecule has 0 radical (unpaired) electrons. The first kappa shape index (κ1) is 11.0. The molecule has 4 heteroatoms. The number of phenols is 1. The molecule has 3 nitrogen and oxygen atoms in total. The van der Waals surface area contributed by atoms with Crippen molar-refractivity contribution in [1.82, 2.24) is 0 Å². The van der Waals surface area contributed by atoms with E-state index in [1.807, 2.05) is 18.2 Å². The summed E-state index contributed by atoms with van der Waals surface area (Å²) < 4.78 is 0.663. The third kappa shape index (κ3) is 2.02. The lowest BCUT2D eigenvalue weighted by Crippen LogP contribution is -2.13. The second-order valence-electron chi connectivity index (χ2n) is 3.60. The quantitative estimate of drug-likeness (QED) is 0.886. The first-order valence-corrected chi connectivity index (χ1v) is 5.55. The molecule has 0 unspecified atom stereocenters. The molecule has 0 aromatic heterocycles. The highest BCUT2D eigenvalue weighted by Crippen LogP contribution is 2.32. The third-order valence-electron chi connectivity index (χ3n) is 2.38. The van der Waals surface area contributed by atoms with Crippen LogP contribution >= 0.6 is 15.9 Å². The lowest BCUT2D eigenvalue weighted by molar-refractivity contribution is -0.117. The minimum atomic E-state index is -0.350. The Morgan fingerprint density at radius 1 is 1.31 bits per heavy atom. The zero-order valence-electron chi connectivity index (χ0n) is 8.40. The number of amides is 1. The van der Waals surface area contributed by atoms with E-state index in [0.29, 0.717) is 4.47 Å². The topological polar surface area (TPSA) is 63.3 Å². The summed E-state index contributed by atoms with van der Waals surface area (Å²) in [6.07, 6.45) is 0.231.